The normalized spacial score (nSPS) is 21.5. The number of ether oxygens (including phenoxy) is 2. The van der Waals surface area contributed by atoms with Gasteiger partial charge in [0.05, 0.1) is 24.8 Å². The van der Waals surface area contributed by atoms with Crippen LogP contribution in [0.1, 0.15) is 77.0 Å². The number of benzene rings is 2. The van der Waals surface area contributed by atoms with Gasteiger partial charge in [-0.05, 0) is 117 Å². The number of phenols is 1. The van der Waals surface area contributed by atoms with Gasteiger partial charge in [0.1, 0.15) is 23.9 Å². The number of methoxy groups -OCH3 is 1. The molecule has 0 aliphatic carbocycles. The van der Waals surface area contributed by atoms with Crippen LogP contribution in [0, 0.1) is 17.3 Å². The fraction of sp³-hybridized carbons (Fsp3) is 0.531. The molecule has 2 aromatic heterocycles. The first-order chi connectivity index (χ1) is 30.1. The molecule has 3 aliphatic rings. The summed E-state index contributed by atoms with van der Waals surface area (Å²) in [5.74, 6) is -1.89. The summed E-state index contributed by atoms with van der Waals surface area (Å²) in [5, 5.41) is 16.8. The molecule has 3 amide bonds. The third-order valence-electron chi connectivity index (χ3n) is 13.0. The number of nitrogens with one attached hydrogen (secondary N) is 2. The molecule has 0 unspecified atom stereocenters. The standard InChI is InChI=1S/C49H65N7O7/c1-9-55-42-15-14-32-24-37(42)38(44(55)39-26-50-17-16-34(39)28-62-8)25-49(4,5)29-63-48(61)40-13-11-19-56(52-40)47(60)41(22-31-20-35(32)23-36(57)21-31)51-45(58)43(30(2)3)54(7)46(59)33-12-10-18-53(6)27-33/h14-17,20-21,23-24,26,30,33,40-41,43,52,57H,9-13,18-19,22,25,27-29H2,1-8H3,(H,51,58)/t33-,40+,41+,43+/m1/s1. The highest BCUT2D eigenvalue weighted by Crippen LogP contribution is 2.41. The Bertz CT molecular complexity index is 2340. The zero-order chi connectivity index (χ0) is 45.2. The Morgan fingerprint density at radius 2 is 1.86 bits per heavy atom. The van der Waals surface area contributed by atoms with Crippen molar-refractivity contribution in [1.82, 2.24) is 35.1 Å². The molecule has 2 aromatic carbocycles. The van der Waals surface area contributed by atoms with Crippen LogP contribution in [0.4, 0.5) is 0 Å². The van der Waals surface area contributed by atoms with Gasteiger partial charge in [-0.25, -0.2) is 5.43 Å². The molecule has 0 saturated carbocycles. The number of nitrogens with zero attached hydrogens (tertiary/aromatic N) is 5. The second-order valence-electron chi connectivity index (χ2n) is 18.9. The number of carbonyl (C=O) groups is 4. The number of carbonyl (C=O) groups excluding carboxylic acids is 4. The lowest BCUT2D eigenvalue weighted by Crippen LogP contribution is -2.62. The minimum absolute atomic E-state index is 0.0176. The van der Waals surface area contributed by atoms with E-state index in [9.17, 15) is 24.3 Å². The number of cyclic esters (lactones) is 1. The first-order valence-electron chi connectivity index (χ1n) is 22.5. The maximum atomic E-state index is 14.7. The van der Waals surface area contributed by atoms with Crippen molar-refractivity contribution in [2.45, 2.75) is 104 Å². The lowest BCUT2D eigenvalue weighted by Gasteiger charge is -2.38. The number of aromatic hydroxyl groups is 1. The molecule has 7 rings (SSSR count). The van der Waals surface area contributed by atoms with E-state index < -0.39 is 41.3 Å². The Morgan fingerprint density at radius 1 is 1.08 bits per heavy atom. The highest BCUT2D eigenvalue weighted by Gasteiger charge is 2.39. The van der Waals surface area contributed by atoms with Crippen molar-refractivity contribution < 1.29 is 33.8 Å². The van der Waals surface area contributed by atoms with Gasteiger partial charge in [-0.1, -0.05) is 39.8 Å². The Kier molecular flexibility index (Phi) is 13.9. The number of hydrazine groups is 1. The predicted octanol–water partition coefficient (Wildman–Crippen LogP) is 5.72. The second-order valence-corrected chi connectivity index (χ2v) is 18.9. The number of aryl methyl sites for hydroxylation is 1. The molecule has 3 N–H and O–H groups in total. The number of esters is 1. The SMILES string of the molecule is CCn1c(-c2cnccc2COC)c2c3cc(ccc31)-c1cc(O)cc(c1)C[C@H](NC(=O)[C@H](C(C)C)N(C)C(=O)[C@@H]1CCCN(C)C1)C(=O)N1CCC[C@H](N1)C(=O)OCC(C)(C)C2. The molecule has 2 fully saturated rings. The van der Waals surface area contributed by atoms with Crippen LogP contribution in [0.2, 0.25) is 0 Å². The molecule has 6 bridgehead atoms. The summed E-state index contributed by atoms with van der Waals surface area (Å²) in [7, 11) is 5.36. The summed E-state index contributed by atoms with van der Waals surface area (Å²) < 4.78 is 14.0. The van der Waals surface area contributed by atoms with E-state index in [0.717, 1.165) is 63.8 Å². The number of aromatic nitrogens is 2. The number of piperidine rings is 1. The number of hydrogen-bond acceptors (Lipinski definition) is 10. The number of fused-ring (bicyclic) bond motifs is 6. The van der Waals surface area contributed by atoms with Crippen molar-refractivity contribution in [2.75, 3.05) is 47.4 Å². The summed E-state index contributed by atoms with van der Waals surface area (Å²) in [6.07, 6.45) is 6.92. The third-order valence-corrected chi connectivity index (χ3v) is 13.0. The summed E-state index contributed by atoms with van der Waals surface area (Å²) >= 11 is 0. The molecule has 338 valence electrons. The number of pyridine rings is 1. The summed E-state index contributed by atoms with van der Waals surface area (Å²) in [5.41, 5.74) is 9.95. The number of likely N-dealkylation sites (tertiary alicyclic amines) is 1. The highest BCUT2D eigenvalue weighted by atomic mass is 16.5. The van der Waals surface area contributed by atoms with E-state index in [0.29, 0.717) is 51.1 Å². The van der Waals surface area contributed by atoms with Gasteiger partial charge in [-0.3, -0.25) is 29.2 Å². The second kappa shape index (κ2) is 19.2. The first-order valence-corrected chi connectivity index (χ1v) is 22.5. The number of rotatable bonds is 9. The Hall–Kier alpha value is -5.31. The van der Waals surface area contributed by atoms with Gasteiger partial charge in [0.2, 0.25) is 11.8 Å². The van der Waals surface area contributed by atoms with Crippen LogP contribution in [0.25, 0.3) is 33.3 Å². The minimum atomic E-state index is -1.10. The molecule has 63 heavy (non-hydrogen) atoms. The van der Waals surface area contributed by atoms with Crippen LogP contribution in [-0.2, 0) is 54.6 Å². The van der Waals surface area contributed by atoms with Crippen LogP contribution in [0.3, 0.4) is 0 Å². The Morgan fingerprint density at radius 3 is 2.59 bits per heavy atom. The summed E-state index contributed by atoms with van der Waals surface area (Å²) in [6, 6.07) is 10.8. The Balaban J connectivity index is 1.32. The van der Waals surface area contributed by atoms with Crippen molar-refractivity contribution in [3.05, 3.63) is 71.5 Å². The molecule has 4 aromatic rings. The summed E-state index contributed by atoms with van der Waals surface area (Å²) in [4.78, 5) is 65.1. The van der Waals surface area contributed by atoms with E-state index in [1.54, 1.807) is 37.4 Å². The van der Waals surface area contributed by atoms with Gasteiger partial charge in [0.25, 0.3) is 5.91 Å². The smallest absolute Gasteiger partial charge is 0.324 e. The van der Waals surface area contributed by atoms with E-state index in [1.165, 1.54) is 5.01 Å². The van der Waals surface area contributed by atoms with Crippen molar-refractivity contribution in [3.8, 4) is 28.1 Å². The van der Waals surface area contributed by atoms with Crippen LogP contribution >= 0.6 is 0 Å². The fourth-order valence-electron chi connectivity index (χ4n) is 9.91. The van der Waals surface area contributed by atoms with Gasteiger partial charge in [0, 0.05) is 74.5 Å². The predicted molar refractivity (Wildman–Crippen MR) is 242 cm³/mol. The average molecular weight is 864 g/mol. The van der Waals surface area contributed by atoms with E-state index in [4.69, 9.17) is 9.47 Å². The molecule has 4 atom stereocenters. The molecule has 14 nitrogen and oxygen atoms in total. The molecule has 0 spiro atoms. The molecular formula is C49H65N7O7. The number of likely N-dealkylation sites (N-methyl/N-ethyl adjacent to an activating group) is 1. The van der Waals surface area contributed by atoms with Gasteiger partial charge in [-0.2, -0.15) is 0 Å². The maximum absolute atomic E-state index is 14.7. The van der Waals surface area contributed by atoms with Crippen LogP contribution in [0.5, 0.6) is 5.75 Å². The average Bonchev–Trinajstić information content (AvgIpc) is 3.55. The quantitative estimate of drug-likeness (QED) is 0.178. The molecule has 2 saturated heterocycles. The first kappa shape index (κ1) is 45.7. The van der Waals surface area contributed by atoms with Crippen molar-refractivity contribution in [3.63, 3.8) is 0 Å². The maximum Gasteiger partial charge on any atom is 0.324 e. The molecular weight excluding hydrogens is 799 g/mol. The number of amides is 3. The van der Waals surface area contributed by atoms with Gasteiger partial charge in [0.15, 0.2) is 0 Å². The zero-order valence-electron chi connectivity index (χ0n) is 38.2. The molecule has 3 aliphatic heterocycles. The van der Waals surface area contributed by atoms with Gasteiger partial charge >= 0.3 is 5.97 Å². The van der Waals surface area contributed by atoms with Crippen molar-refractivity contribution >= 4 is 34.6 Å². The number of phenolic OH excluding ortho intramolecular Hbond substituents is 1. The molecule has 14 heteroatoms. The lowest BCUT2D eigenvalue weighted by atomic mass is 9.84. The third kappa shape index (κ3) is 9.93. The number of hydrogen-bond donors (Lipinski definition) is 3. The van der Waals surface area contributed by atoms with E-state index in [-0.39, 0.29) is 36.5 Å². The monoisotopic (exact) mass is 863 g/mol. The minimum Gasteiger partial charge on any atom is -0.508 e. The Labute approximate surface area is 371 Å². The largest absolute Gasteiger partial charge is 0.508 e. The van der Waals surface area contributed by atoms with Gasteiger partial charge in [-0.15, -0.1) is 0 Å². The molecule has 0 radical (unpaired) electrons. The topological polar surface area (TPSA) is 159 Å². The van der Waals surface area contributed by atoms with Crippen LogP contribution in [0.15, 0.2) is 54.9 Å². The lowest BCUT2D eigenvalue weighted by molar-refractivity contribution is -0.155. The van der Waals surface area contributed by atoms with Gasteiger partial charge < -0.3 is 34.3 Å². The summed E-state index contributed by atoms with van der Waals surface area (Å²) in [6.45, 7) is 13.2. The van der Waals surface area contributed by atoms with Crippen molar-refractivity contribution in [1.29, 1.82) is 0 Å². The van der Waals surface area contributed by atoms with Crippen molar-refractivity contribution in [2.24, 2.45) is 17.3 Å². The zero-order valence-corrected chi connectivity index (χ0v) is 38.2. The van der Waals surface area contributed by atoms with Crippen LogP contribution < -0.4 is 10.7 Å². The highest BCUT2D eigenvalue weighted by molar-refractivity contribution is 5.96. The van der Waals surface area contributed by atoms with E-state index >= 15 is 0 Å². The van der Waals surface area contributed by atoms with E-state index in [2.05, 4.69) is 58.1 Å². The fourth-order valence-corrected chi connectivity index (χ4v) is 9.91. The van der Waals surface area contributed by atoms with Crippen LogP contribution in [-0.4, -0.2) is 119 Å². The van der Waals surface area contributed by atoms with E-state index in [1.807, 2.05) is 45.3 Å². The molecule has 5 heterocycles.